The van der Waals surface area contributed by atoms with Crippen LogP contribution in [0.25, 0.3) is 10.9 Å². The van der Waals surface area contributed by atoms with E-state index in [0.29, 0.717) is 17.0 Å². The molecule has 0 spiro atoms. The van der Waals surface area contributed by atoms with E-state index in [1.165, 1.54) is 12.7 Å². The zero-order valence-corrected chi connectivity index (χ0v) is 22.1. The number of ether oxygens (including phenoxy) is 1. The highest BCUT2D eigenvalue weighted by molar-refractivity contribution is 6.06. The normalized spacial score (nSPS) is 15.3. The third-order valence-electron chi connectivity index (χ3n) is 7.62. The molecule has 5 rings (SSSR count). The van der Waals surface area contributed by atoms with Crippen molar-refractivity contribution in [1.29, 1.82) is 0 Å². The molecule has 0 radical (unpaired) electrons. The molecule has 0 bridgehead atoms. The van der Waals surface area contributed by atoms with Crippen molar-refractivity contribution in [2.24, 2.45) is 5.92 Å². The van der Waals surface area contributed by atoms with Gasteiger partial charge in [-0.2, -0.15) is 0 Å². The molecule has 3 aromatic carbocycles. The van der Waals surface area contributed by atoms with Gasteiger partial charge in [-0.3, -0.25) is 9.69 Å². The van der Waals surface area contributed by atoms with E-state index < -0.39 is 0 Å². The van der Waals surface area contributed by atoms with Crippen LogP contribution in [0.3, 0.4) is 0 Å². The molecule has 0 unspecified atom stereocenters. The van der Waals surface area contributed by atoms with Crippen molar-refractivity contribution in [1.82, 2.24) is 14.8 Å². The minimum absolute atomic E-state index is 0.0993. The van der Waals surface area contributed by atoms with Gasteiger partial charge in [0.05, 0.1) is 29.8 Å². The Balaban J connectivity index is 1.25. The number of hydrogen-bond donors (Lipinski definition) is 1. The number of piperidine rings is 1. The van der Waals surface area contributed by atoms with Gasteiger partial charge in [0.1, 0.15) is 0 Å². The van der Waals surface area contributed by atoms with Crippen LogP contribution in [-0.2, 0) is 17.8 Å². The van der Waals surface area contributed by atoms with Crippen LogP contribution >= 0.6 is 0 Å². The third kappa shape index (κ3) is 5.81. The number of hydrogen-bond acceptors (Lipinski definition) is 4. The van der Waals surface area contributed by atoms with Crippen molar-refractivity contribution in [3.63, 3.8) is 0 Å². The fraction of sp³-hybridized carbons (Fsp3) is 0.312. The van der Waals surface area contributed by atoms with E-state index >= 15 is 0 Å². The Morgan fingerprint density at radius 1 is 0.947 bits per heavy atom. The number of para-hydroxylation sites is 1. The molecule has 0 saturated carbocycles. The molecule has 1 aliphatic heterocycles. The zero-order valence-electron chi connectivity index (χ0n) is 22.1. The second kappa shape index (κ2) is 11.7. The molecule has 1 atom stereocenters. The Bertz CT molecular complexity index is 1390. The van der Waals surface area contributed by atoms with Crippen molar-refractivity contribution < 1.29 is 14.3 Å². The van der Waals surface area contributed by atoms with E-state index in [4.69, 9.17) is 4.74 Å². The molecule has 196 valence electrons. The number of benzene rings is 3. The lowest BCUT2D eigenvalue weighted by molar-refractivity contribution is 0.0600. The lowest BCUT2D eigenvalue weighted by Gasteiger charge is -2.32. The van der Waals surface area contributed by atoms with Crippen LogP contribution in [0.15, 0.2) is 85.1 Å². The summed E-state index contributed by atoms with van der Waals surface area (Å²) in [7, 11) is 1.37. The van der Waals surface area contributed by atoms with Gasteiger partial charge in [-0.1, -0.05) is 54.6 Å². The van der Waals surface area contributed by atoms with E-state index in [0.717, 1.165) is 55.5 Å². The van der Waals surface area contributed by atoms with Crippen LogP contribution in [0, 0.1) is 5.92 Å². The number of methoxy groups -OCH3 is 1. The van der Waals surface area contributed by atoms with E-state index in [1.807, 2.05) is 31.2 Å². The van der Waals surface area contributed by atoms with Gasteiger partial charge in [-0.15, -0.1) is 0 Å². The average molecular weight is 510 g/mol. The predicted octanol–water partition coefficient (Wildman–Crippen LogP) is 5.83. The molecule has 1 saturated heterocycles. The van der Waals surface area contributed by atoms with E-state index in [-0.39, 0.29) is 17.9 Å². The molecule has 4 aromatic rings. The van der Waals surface area contributed by atoms with E-state index in [2.05, 4.69) is 63.4 Å². The van der Waals surface area contributed by atoms with Crippen LogP contribution in [0.4, 0.5) is 0 Å². The fourth-order valence-corrected chi connectivity index (χ4v) is 5.43. The number of carbonyl (C=O) groups is 2. The monoisotopic (exact) mass is 509 g/mol. The first-order valence-electron chi connectivity index (χ1n) is 13.3. The molecule has 1 N–H and O–H groups in total. The summed E-state index contributed by atoms with van der Waals surface area (Å²) in [5.41, 5.74) is 4.46. The van der Waals surface area contributed by atoms with Crippen molar-refractivity contribution in [3.8, 4) is 0 Å². The van der Waals surface area contributed by atoms with E-state index in [1.54, 1.807) is 12.1 Å². The fourth-order valence-electron chi connectivity index (χ4n) is 5.43. The number of nitrogens with zero attached hydrogens (tertiary/aromatic N) is 2. The molecule has 38 heavy (non-hydrogen) atoms. The van der Waals surface area contributed by atoms with Crippen molar-refractivity contribution in [2.75, 3.05) is 20.2 Å². The summed E-state index contributed by atoms with van der Waals surface area (Å²) in [5, 5.41) is 4.22. The van der Waals surface area contributed by atoms with Gasteiger partial charge < -0.3 is 14.6 Å². The van der Waals surface area contributed by atoms with Crippen molar-refractivity contribution in [3.05, 3.63) is 107 Å². The lowest BCUT2D eigenvalue weighted by atomic mass is 9.96. The van der Waals surface area contributed by atoms with Crippen molar-refractivity contribution >= 4 is 22.8 Å². The molecule has 1 fully saturated rings. The summed E-state index contributed by atoms with van der Waals surface area (Å²) < 4.78 is 7.04. The SMILES string of the molecule is COC(=O)c1ccc([C@H](C)NC(=O)c2cccc3ccn(CC4CCN(Cc5ccccc5)CC4)c23)cc1. The third-order valence-corrected chi connectivity index (χ3v) is 7.62. The highest BCUT2D eigenvalue weighted by Gasteiger charge is 2.22. The number of fused-ring (bicyclic) bond motifs is 1. The minimum atomic E-state index is -0.373. The minimum Gasteiger partial charge on any atom is -0.465 e. The van der Waals surface area contributed by atoms with Crippen LogP contribution in [-0.4, -0.2) is 41.5 Å². The second-order valence-corrected chi connectivity index (χ2v) is 10.2. The number of likely N-dealkylation sites (tertiary alicyclic amines) is 1. The van der Waals surface area contributed by atoms with Gasteiger partial charge >= 0.3 is 5.97 Å². The molecule has 1 aromatic heterocycles. The summed E-state index contributed by atoms with van der Waals surface area (Å²) in [6, 6.07) is 25.6. The van der Waals surface area contributed by atoms with Gasteiger partial charge in [-0.25, -0.2) is 4.79 Å². The number of esters is 1. The van der Waals surface area contributed by atoms with Gasteiger partial charge in [0.2, 0.25) is 0 Å². The summed E-state index contributed by atoms with van der Waals surface area (Å²) in [4.78, 5) is 27.7. The first-order chi connectivity index (χ1) is 18.5. The van der Waals surface area contributed by atoms with Gasteiger partial charge in [0.15, 0.2) is 0 Å². The highest BCUT2D eigenvalue weighted by Crippen LogP contribution is 2.26. The maximum Gasteiger partial charge on any atom is 0.337 e. The maximum atomic E-state index is 13.4. The zero-order chi connectivity index (χ0) is 26.5. The topological polar surface area (TPSA) is 63.6 Å². The number of rotatable bonds is 8. The van der Waals surface area contributed by atoms with Crippen LogP contribution in [0.1, 0.15) is 57.7 Å². The molecule has 1 amide bonds. The first-order valence-corrected chi connectivity index (χ1v) is 13.3. The Hall–Kier alpha value is -3.90. The van der Waals surface area contributed by atoms with Crippen molar-refractivity contribution in [2.45, 2.75) is 38.9 Å². The largest absolute Gasteiger partial charge is 0.465 e. The number of carbonyl (C=O) groups excluding carboxylic acids is 2. The quantitative estimate of drug-likeness (QED) is 0.304. The molecule has 6 heteroatoms. The number of aromatic nitrogens is 1. The van der Waals surface area contributed by atoms with E-state index in [9.17, 15) is 9.59 Å². The Morgan fingerprint density at radius 2 is 1.68 bits per heavy atom. The molecule has 2 heterocycles. The predicted molar refractivity (Wildman–Crippen MR) is 150 cm³/mol. The maximum absolute atomic E-state index is 13.4. The lowest BCUT2D eigenvalue weighted by Crippen LogP contribution is -2.34. The molecular formula is C32H35N3O3. The van der Waals surface area contributed by atoms with Gasteiger partial charge in [0.25, 0.3) is 5.91 Å². The Kier molecular flexibility index (Phi) is 7.89. The summed E-state index contributed by atoms with van der Waals surface area (Å²) in [6.45, 7) is 6.07. The highest BCUT2D eigenvalue weighted by atomic mass is 16.5. The Morgan fingerprint density at radius 3 is 2.39 bits per heavy atom. The molecule has 6 nitrogen and oxygen atoms in total. The number of amides is 1. The van der Waals surface area contributed by atoms with Crippen LogP contribution in [0.5, 0.6) is 0 Å². The molecule has 1 aliphatic rings. The molecular weight excluding hydrogens is 474 g/mol. The average Bonchev–Trinajstić information content (AvgIpc) is 3.37. The Labute approximate surface area is 224 Å². The number of nitrogens with one attached hydrogen (secondary N) is 1. The van der Waals surface area contributed by atoms with Gasteiger partial charge in [-0.05, 0) is 74.2 Å². The standard InChI is InChI=1S/C32H35N3O3/c1-23(26-11-13-28(14-12-26)32(37)38-2)33-31(36)29-10-6-9-27-17-20-35(30(27)29)22-25-15-18-34(19-16-25)21-24-7-4-3-5-8-24/h3-14,17,20,23,25H,15-16,18-19,21-22H2,1-2H3,(H,33,36)/t23-/m0/s1. The van der Waals surface area contributed by atoms with Gasteiger partial charge in [0, 0.05) is 24.7 Å². The molecule has 0 aliphatic carbocycles. The summed E-state index contributed by atoms with van der Waals surface area (Å²) in [5.74, 6) is 0.112. The summed E-state index contributed by atoms with van der Waals surface area (Å²) in [6.07, 6.45) is 4.42. The van der Waals surface area contributed by atoms with Crippen LogP contribution < -0.4 is 5.32 Å². The first kappa shape index (κ1) is 25.7. The summed E-state index contributed by atoms with van der Waals surface area (Å²) >= 11 is 0. The smallest absolute Gasteiger partial charge is 0.337 e. The second-order valence-electron chi connectivity index (χ2n) is 10.2. The van der Waals surface area contributed by atoms with Crippen LogP contribution in [0.2, 0.25) is 0 Å².